The molecule has 0 aliphatic carbocycles. The summed E-state index contributed by atoms with van der Waals surface area (Å²) in [4.78, 5) is 22.8. The molecule has 0 spiro atoms. The molecule has 3 fully saturated rings. The number of rotatable bonds is 6. The largest absolute Gasteiger partial charge is 0.466 e. The Morgan fingerprint density at radius 2 is 1.29 bits per heavy atom. The second-order valence-electron chi connectivity index (χ2n) is 7.72. The molecular formula is C20H37N3O7S. The van der Waals surface area contributed by atoms with Crippen LogP contribution in [0.5, 0.6) is 0 Å². The zero-order chi connectivity index (χ0) is 22.7. The Bertz CT molecular complexity index is 654. The number of nitrogens with one attached hydrogen (secondary N) is 1. The molecule has 0 aromatic carbocycles. The van der Waals surface area contributed by atoms with Crippen molar-refractivity contribution in [1.29, 1.82) is 0 Å². The number of carbonyl (C=O) groups is 2. The average molecular weight is 464 g/mol. The van der Waals surface area contributed by atoms with Crippen molar-refractivity contribution < 1.29 is 32.2 Å². The lowest BCUT2D eigenvalue weighted by Gasteiger charge is -2.35. The summed E-state index contributed by atoms with van der Waals surface area (Å²) in [5.74, 6) is -0.257. The van der Waals surface area contributed by atoms with Gasteiger partial charge in [-0.3, -0.25) is 9.59 Å². The Morgan fingerprint density at radius 1 is 0.839 bits per heavy atom. The third kappa shape index (κ3) is 7.98. The fourth-order valence-electron chi connectivity index (χ4n) is 3.84. The molecule has 0 bridgehead atoms. The zero-order valence-corrected chi connectivity index (χ0v) is 19.5. The molecule has 3 rings (SSSR count). The first-order chi connectivity index (χ1) is 14.9. The number of esters is 2. The van der Waals surface area contributed by atoms with Crippen LogP contribution in [0.25, 0.3) is 0 Å². The SMILES string of the molecule is CCOC(=O)C1CCN(S(=O)(=O)N2CCOCC2)CC1.CCOC(=O)C1CCNCC1. The number of ether oxygens (including phenoxy) is 3. The number of hydrogen-bond acceptors (Lipinski definition) is 8. The maximum atomic E-state index is 12.4. The van der Waals surface area contributed by atoms with Crippen molar-refractivity contribution in [2.24, 2.45) is 11.8 Å². The van der Waals surface area contributed by atoms with E-state index in [1.807, 2.05) is 6.92 Å². The van der Waals surface area contributed by atoms with E-state index in [0.29, 0.717) is 65.4 Å². The van der Waals surface area contributed by atoms with Gasteiger partial charge in [-0.1, -0.05) is 0 Å². The van der Waals surface area contributed by atoms with Crippen LogP contribution in [0.3, 0.4) is 0 Å². The summed E-state index contributed by atoms with van der Waals surface area (Å²) in [6, 6.07) is 0. The molecular weight excluding hydrogens is 426 g/mol. The molecule has 31 heavy (non-hydrogen) atoms. The van der Waals surface area contributed by atoms with Crippen molar-refractivity contribution >= 4 is 22.1 Å². The molecule has 0 unspecified atom stereocenters. The summed E-state index contributed by atoms with van der Waals surface area (Å²) in [6.45, 7) is 8.83. The lowest BCUT2D eigenvalue weighted by atomic mass is 9.98. The maximum Gasteiger partial charge on any atom is 0.309 e. The third-order valence-corrected chi connectivity index (χ3v) is 7.69. The van der Waals surface area contributed by atoms with Crippen LogP contribution in [-0.4, -0.2) is 94.7 Å². The number of hydrogen-bond donors (Lipinski definition) is 1. The predicted molar refractivity (Wildman–Crippen MR) is 114 cm³/mol. The lowest BCUT2D eigenvalue weighted by Crippen LogP contribution is -2.51. The molecule has 0 saturated carbocycles. The fraction of sp³-hybridized carbons (Fsp3) is 0.900. The zero-order valence-electron chi connectivity index (χ0n) is 18.7. The van der Waals surface area contributed by atoms with Gasteiger partial charge in [-0.2, -0.15) is 17.0 Å². The molecule has 0 aromatic rings. The quantitative estimate of drug-likeness (QED) is 0.563. The first-order valence-electron chi connectivity index (χ1n) is 11.3. The summed E-state index contributed by atoms with van der Waals surface area (Å²) in [5, 5.41) is 3.20. The van der Waals surface area contributed by atoms with Crippen molar-refractivity contribution in [3.05, 3.63) is 0 Å². The van der Waals surface area contributed by atoms with E-state index < -0.39 is 10.2 Å². The summed E-state index contributed by atoms with van der Waals surface area (Å²) in [7, 11) is -3.41. The van der Waals surface area contributed by atoms with Gasteiger partial charge in [-0.25, -0.2) is 0 Å². The van der Waals surface area contributed by atoms with Crippen LogP contribution < -0.4 is 5.32 Å². The van der Waals surface area contributed by atoms with E-state index in [1.165, 1.54) is 8.61 Å². The van der Waals surface area contributed by atoms with Crippen molar-refractivity contribution in [1.82, 2.24) is 13.9 Å². The standard InChI is InChI=1S/C12H22N2O5S.C8H15NO2/c1-2-19-12(15)11-3-5-13(6-4-11)20(16,17)14-7-9-18-10-8-14;1-2-11-8(10)7-3-5-9-6-4-7/h11H,2-10H2,1H3;7,9H,2-6H2,1H3. The summed E-state index contributed by atoms with van der Waals surface area (Å²) >= 11 is 0. The molecule has 10 nitrogen and oxygen atoms in total. The Hall–Kier alpha value is -1.27. The minimum Gasteiger partial charge on any atom is -0.466 e. The molecule has 0 amide bonds. The van der Waals surface area contributed by atoms with Gasteiger partial charge in [-0.15, -0.1) is 0 Å². The summed E-state index contributed by atoms with van der Waals surface area (Å²) in [6.07, 6.45) is 2.92. The van der Waals surface area contributed by atoms with E-state index in [4.69, 9.17) is 14.2 Å². The van der Waals surface area contributed by atoms with Crippen LogP contribution in [0, 0.1) is 11.8 Å². The van der Waals surface area contributed by atoms with E-state index in [1.54, 1.807) is 6.92 Å². The minimum atomic E-state index is -3.41. The maximum absolute atomic E-state index is 12.4. The first kappa shape index (κ1) is 26.0. The van der Waals surface area contributed by atoms with Crippen LogP contribution in [-0.2, 0) is 34.0 Å². The van der Waals surface area contributed by atoms with E-state index >= 15 is 0 Å². The van der Waals surface area contributed by atoms with Crippen molar-refractivity contribution in [3.8, 4) is 0 Å². The molecule has 3 aliphatic rings. The van der Waals surface area contributed by atoms with Crippen molar-refractivity contribution in [2.75, 3.05) is 65.7 Å². The van der Waals surface area contributed by atoms with Gasteiger partial charge in [0.1, 0.15) is 0 Å². The molecule has 0 radical (unpaired) electrons. The molecule has 3 saturated heterocycles. The second-order valence-corrected chi connectivity index (χ2v) is 9.65. The monoisotopic (exact) mass is 463 g/mol. The smallest absolute Gasteiger partial charge is 0.309 e. The fourth-order valence-corrected chi connectivity index (χ4v) is 5.45. The van der Waals surface area contributed by atoms with Gasteiger partial charge in [0.15, 0.2) is 0 Å². The van der Waals surface area contributed by atoms with Gasteiger partial charge >= 0.3 is 11.9 Å². The van der Waals surface area contributed by atoms with Crippen LogP contribution in [0.2, 0.25) is 0 Å². The van der Waals surface area contributed by atoms with Crippen LogP contribution in [0.1, 0.15) is 39.5 Å². The summed E-state index contributed by atoms with van der Waals surface area (Å²) in [5.41, 5.74) is 0. The molecule has 0 atom stereocenters. The molecule has 3 heterocycles. The molecule has 180 valence electrons. The Balaban J connectivity index is 0.000000262. The number of piperidine rings is 2. The Kier molecular flexibility index (Phi) is 11.2. The average Bonchev–Trinajstić information content (AvgIpc) is 2.81. The van der Waals surface area contributed by atoms with Gasteiger partial charge in [0.05, 0.1) is 38.3 Å². The molecule has 3 aliphatic heterocycles. The van der Waals surface area contributed by atoms with Crippen LogP contribution >= 0.6 is 0 Å². The van der Waals surface area contributed by atoms with E-state index in [9.17, 15) is 18.0 Å². The van der Waals surface area contributed by atoms with E-state index in [0.717, 1.165) is 25.9 Å². The Morgan fingerprint density at radius 3 is 1.77 bits per heavy atom. The second kappa shape index (κ2) is 13.3. The van der Waals surface area contributed by atoms with Crippen molar-refractivity contribution in [3.63, 3.8) is 0 Å². The highest BCUT2D eigenvalue weighted by Crippen LogP contribution is 2.23. The first-order valence-corrected chi connectivity index (χ1v) is 12.7. The van der Waals surface area contributed by atoms with E-state index in [-0.39, 0.29) is 23.8 Å². The van der Waals surface area contributed by atoms with Crippen molar-refractivity contribution in [2.45, 2.75) is 39.5 Å². The molecule has 1 N–H and O–H groups in total. The minimum absolute atomic E-state index is 0.0194. The predicted octanol–water partition coefficient (Wildman–Crippen LogP) is 0.388. The highest BCUT2D eigenvalue weighted by atomic mass is 32.2. The third-order valence-electron chi connectivity index (χ3n) is 5.66. The lowest BCUT2D eigenvalue weighted by molar-refractivity contribution is -0.150. The number of nitrogens with zero attached hydrogens (tertiary/aromatic N) is 2. The van der Waals surface area contributed by atoms with Crippen LogP contribution in [0.4, 0.5) is 0 Å². The van der Waals surface area contributed by atoms with Crippen LogP contribution in [0.15, 0.2) is 0 Å². The van der Waals surface area contributed by atoms with Gasteiger partial charge in [0.2, 0.25) is 0 Å². The highest BCUT2D eigenvalue weighted by Gasteiger charge is 2.35. The van der Waals surface area contributed by atoms with Gasteiger partial charge in [-0.05, 0) is 52.6 Å². The van der Waals surface area contributed by atoms with Gasteiger partial charge < -0.3 is 19.5 Å². The van der Waals surface area contributed by atoms with E-state index in [2.05, 4.69) is 5.32 Å². The molecule has 11 heteroatoms. The highest BCUT2D eigenvalue weighted by molar-refractivity contribution is 7.86. The van der Waals surface area contributed by atoms with Gasteiger partial charge in [0.25, 0.3) is 10.2 Å². The number of morpholine rings is 1. The van der Waals surface area contributed by atoms with Gasteiger partial charge in [0, 0.05) is 26.2 Å². The normalized spacial score (nSPS) is 22.3. The topological polar surface area (TPSA) is 114 Å². The molecule has 0 aromatic heterocycles. The number of carbonyl (C=O) groups excluding carboxylic acids is 2. The summed E-state index contributed by atoms with van der Waals surface area (Å²) < 4.78 is 42.8. The Labute approximate surface area is 185 Å².